The molecular formula is C13H27NO3S. The Morgan fingerprint density at radius 2 is 2.06 bits per heavy atom. The molecule has 5 heteroatoms. The van der Waals surface area contributed by atoms with Crippen LogP contribution in [0, 0.1) is 5.92 Å². The van der Waals surface area contributed by atoms with Gasteiger partial charge in [-0.05, 0) is 39.3 Å². The Morgan fingerprint density at radius 1 is 1.44 bits per heavy atom. The first-order valence-electron chi connectivity index (χ1n) is 6.70. The summed E-state index contributed by atoms with van der Waals surface area (Å²) in [6.45, 7) is 2.21. The number of hydrogen-bond donors (Lipinski definition) is 1. The molecule has 3 unspecified atom stereocenters. The van der Waals surface area contributed by atoms with Gasteiger partial charge in [0.05, 0.1) is 11.9 Å². The molecule has 108 valence electrons. The van der Waals surface area contributed by atoms with Crippen LogP contribution in [-0.2, 0) is 9.84 Å². The fourth-order valence-electron chi connectivity index (χ4n) is 3.17. The van der Waals surface area contributed by atoms with Crippen molar-refractivity contribution in [3.05, 3.63) is 0 Å². The molecule has 0 amide bonds. The lowest BCUT2D eigenvalue weighted by Crippen LogP contribution is -2.56. The lowest BCUT2D eigenvalue weighted by molar-refractivity contribution is -0.0439. The van der Waals surface area contributed by atoms with Gasteiger partial charge in [0.1, 0.15) is 9.84 Å². The van der Waals surface area contributed by atoms with Crippen LogP contribution in [0.2, 0.25) is 0 Å². The second kappa shape index (κ2) is 5.88. The monoisotopic (exact) mass is 277 g/mol. The number of likely N-dealkylation sites (N-methyl/N-ethyl adjacent to an activating group) is 1. The fraction of sp³-hybridized carbons (Fsp3) is 1.00. The Balaban J connectivity index is 2.77. The Morgan fingerprint density at radius 3 is 2.50 bits per heavy atom. The molecule has 0 aromatic rings. The first kappa shape index (κ1) is 15.9. The molecule has 0 bridgehead atoms. The predicted molar refractivity (Wildman–Crippen MR) is 74.4 cm³/mol. The van der Waals surface area contributed by atoms with Gasteiger partial charge in [-0.1, -0.05) is 19.8 Å². The van der Waals surface area contributed by atoms with E-state index in [-0.39, 0.29) is 11.3 Å². The van der Waals surface area contributed by atoms with E-state index < -0.39 is 15.9 Å². The summed E-state index contributed by atoms with van der Waals surface area (Å²) in [6, 6.07) is 0. The smallest absolute Gasteiger partial charge is 0.147 e. The topological polar surface area (TPSA) is 57.6 Å². The first-order chi connectivity index (χ1) is 8.17. The van der Waals surface area contributed by atoms with Gasteiger partial charge >= 0.3 is 0 Å². The van der Waals surface area contributed by atoms with E-state index in [2.05, 4.69) is 11.8 Å². The summed E-state index contributed by atoms with van der Waals surface area (Å²) < 4.78 is 22.5. The molecule has 0 aliphatic heterocycles. The summed E-state index contributed by atoms with van der Waals surface area (Å²) >= 11 is 0. The van der Waals surface area contributed by atoms with Gasteiger partial charge < -0.3 is 10.0 Å². The zero-order valence-corrected chi connectivity index (χ0v) is 12.8. The van der Waals surface area contributed by atoms with E-state index in [1.165, 1.54) is 12.7 Å². The molecule has 1 rings (SSSR count). The predicted octanol–water partition coefficient (Wildman–Crippen LogP) is 1.29. The molecule has 1 aliphatic rings. The van der Waals surface area contributed by atoms with Crippen LogP contribution in [0.5, 0.6) is 0 Å². The molecule has 1 saturated carbocycles. The molecule has 0 saturated heterocycles. The number of aliphatic hydroxyl groups excluding tert-OH is 1. The Hall–Kier alpha value is -0.130. The van der Waals surface area contributed by atoms with Gasteiger partial charge in [0.25, 0.3) is 0 Å². The van der Waals surface area contributed by atoms with Crippen LogP contribution in [0.15, 0.2) is 0 Å². The van der Waals surface area contributed by atoms with E-state index in [0.29, 0.717) is 12.3 Å². The van der Waals surface area contributed by atoms with Crippen LogP contribution in [0.25, 0.3) is 0 Å². The second-order valence-electron chi connectivity index (χ2n) is 6.13. The maximum atomic E-state index is 11.2. The number of aliphatic hydroxyl groups is 1. The highest BCUT2D eigenvalue weighted by atomic mass is 32.2. The van der Waals surface area contributed by atoms with Crippen molar-refractivity contribution in [3.8, 4) is 0 Å². The van der Waals surface area contributed by atoms with Crippen molar-refractivity contribution in [1.82, 2.24) is 4.90 Å². The van der Waals surface area contributed by atoms with Crippen LogP contribution >= 0.6 is 0 Å². The number of sulfone groups is 1. The van der Waals surface area contributed by atoms with Gasteiger partial charge in [0.2, 0.25) is 0 Å². The molecule has 1 aliphatic carbocycles. The lowest BCUT2D eigenvalue weighted by Gasteiger charge is -2.48. The molecule has 18 heavy (non-hydrogen) atoms. The van der Waals surface area contributed by atoms with Crippen molar-refractivity contribution in [2.24, 2.45) is 5.92 Å². The van der Waals surface area contributed by atoms with E-state index >= 15 is 0 Å². The highest BCUT2D eigenvalue weighted by molar-refractivity contribution is 7.90. The van der Waals surface area contributed by atoms with Crippen molar-refractivity contribution < 1.29 is 13.5 Å². The Labute approximate surface area is 111 Å². The highest BCUT2D eigenvalue weighted by Gasteiger charge is 2.42. The van der Waals surface area contributed by atoms with E-state index in [4.69, 9.17) is 0 Å². The minimum atomic E-state index is -3.00. The van der Waals surface area contributed by atoms with Crippen LogP contribution in [0.3, 0.4) is 0 Å². The van der Waals surface area contributed by atoms with E-state index in [0.717, 1.165) is 19.3 Å². The molecule has 3 atom stereocenters. The third-order valence-electron chi connectivity index (χ3n) is 4.28. The molecule has 1 fully saturated rings. The fourth-order valence-corrected chi connectivity index (χ4v) is 3.82. The van der Waals surface area contributed by atoms with Crippen LogP contribution in [-0.4, -0.2) is 56.2 Å². The minimum absolute atomic E-state index is 0.0676. The van der Waals surface area contributed by atoms with Crippen LogP contribution in [0.1, 0.15) is 39.0 Å². The summed E-state index contributed by atoms with van der Waals surface area (Å²) in [4.78, 5) is 2.09. The molecular weight excluding hydrogens is 250 g/mol. The van der Waals surface area contributed by atoms with Crippen molar-refractivity contribution in [3.63, 3.8) is 0 Å². The maximum absolute atomic E-state index is 11.2. The molecule has 0 aromatic heterocycles. The van der Waals surface area contributed by atoms with Gasteiger partial charge in [0, 0.05) is 11.8 Å². The van der Waals surface area contributed by atoms with Gasteiger partial charge in [-0.2, -0.15) is 0 Å². The van der Waals surface area contributed by atoms with Gasteiger partial charge in [-0.15, -0.1) is 0 Å². The molecule has 1 N–H and O–H groups in total. The number of hydrogen-bond acceptors (Lipinski definition) is 4. The summed E-state index contributed by atoms with van der Waals surface area (Å²) in [5, 5.41) is 10.5. The average molecular weight is 277 g/mol. The van der Waals surface area contributed by atoms with Gasteiger partial charge in [-0.25, -0.2) is 8.42 Å². The number of rotatable bonds is 5. The standard InChI is InChI=1S/C13H27NO3S/c1-11-6-5-8-13(10-11,14(2)3)12(15)7-9-18(4,16)17/h11-12,15H,5-10H2,1-4H3. The Kier molecular flexibility index (Phi) is 5.21. The third-order valence-corrected chi connectivity index (χ3v) is 5.26. The third kappa shape index (κ3) is 3.93. The molecule has 0 spiro atoms. The van der Waals surface area contributed by atoms with Crippen molar-refractivity contribution in [2.75, 3.05) is 26.1 Å². The SMILES string of the molecule is CC1CCCC(C(O)CCS(C)(=O)=O)(N(C)C)C1. The summed E-state index contributed by atoms with van der Waals surface area (Å²) in [5.74, 6) is 0.659. The van der Waals surface area contributed by atoms with E-state index in [1.807, 2.05) is 14.1 Å². The minimum Gasteiger partial charge on any atom is -0.391 e. The van der Waals surface area contributed by atoms with E-state index in [9.17, 15) is 13.5 Å². The average Bonchev–Trinajstić information content (AvgIpc) is 2.24. The Bertz CT molecular complexity index is 366. The normalized spacial score (nSPS) is 31.6. The summed E-state index contributed by atoms with van der Waals surface area (Å²) in [5.41, 5.74) is -0.248. The lowest BCUT2D eigenvalue weighted by atomic mass is 9.72. The zero-order chi connectivity index (χ0) is 14.0. The van der Waals surface area contributed by atoms with Gasteiger partial charge in [0.15, 0.2) is 0 Å². The summed E-state index contributed by atoms with van der Waals surface area (Å²) in [6.07, 6.45) is 5.21. The highest BCUT2D eigenvalue weighted by Crippen LogP contribution is 2.39. The quantitative estimate of drug-likeness (QED) is 0.823. The van der Waals surface area contributed by atoms with Crippen LogP contribution < -0.4 is 0 Å². The van der Waals surface area contributed by atoms with Crippen molar-refractivity contribution >= 4 is 9.84 Å². The first-order valence-corrected chi connectivity index (χ1v) is 8.76. The molecule has 0 heterocycles. The molecule has 0 radical (unpaired) electrons. The second-order valence-corrected chi connectivity index (χ2v) is 8.39. The largest absolute Gasteiger partial charge is 0.391 e. The van der Waals surface area contributed by atoms with E-state index in [1.54, 1.807) is 0 Å². The van der Waals surface area contributed by atoms with Crippen molar-refractivity contribution in [2.45, 2.75) is 50.7 Å². The zero-order valence-electron chi connectivity index (χ0n) is 12.0. The number of nitrogens with zero attached hydrogens (tertiary/aromatic N) is 1. The van der Waals surface area contributed by atoms with Gasteiger partial charge in [-0.3, -0.25) is 0 Å². The molecule has 4 nitrogen and oxygen atoms in total. The van der Waals surface area contributed by atoms with Crippen molar-refractivity contribution in [1.29, 1.82) is 0 Å². The maximum Gasteiger partial charge on any atom is 0.147 e. The van der Waals surface area contributed by atoms with Crippen LogP contribution in [0.4, 0.5) is 0 Å². The summed E-state index contributed by atoms with van der Waals surface area (Å²) in [7, 11) is 0.973. The molecule has 0 aromatic carbocycles.